The van der Waals surface area contributed by atoms with Crippen LogP contribution in [0.25, 0.3) is 33.4 Å². The number of fused-ring (bicyclic) bond motifs is 17. The third kappa shape index (κ3) is 5.08. The van der Waals surface area contributed by atoms with Gasteiger partial charge in [0.15, 0.2) is 0 Å². The van der Waals surface area contributed by atoms with Gasteiger partial charge in [-0.15, -0.1) is 0 Å². The van der Waals surface area contributed by atoms with Gasteiger partial charge in [0, 0.05) is 33.3 Å². The Labute approximate surface area is 391 Å². The Kier molecular flexibility index (Phi) is 7.71. The molecule has 4 aliphatic carbocycles. The molecule has 0 saturated carbocycles. The first-order valence-corrected chi connectivity index (χ1v) is 24.0. The minimum Gasteiger partial charge on any atom is -0.457 e. The highest BCUT2D eigenvalue weighted by Gasteiger charge is 2.57. The van der Waals surface area contributed by atoms with Gasteiger partial charge in [-0.1, -0.05) is 191 Å². The van der Waals surface area contributed by atoms with Gasteiger partial charge in [0.25, 0.3) is 0 Å². The van der Waals surface area contributed by atoms with E-state index in [-0.39, 0.29) is 27.7 Å². The molecule has 0 N–H and O–H groups in total. The zero-order chi connectivity index (χ0) is 45.4. The van der Waals surface area contributed by atoms with Gasteiger partial charge in [-0.2, -0.15) is 0 Å². The van der Waals surface area contributed by atoms with E-state index in [0.29, 0.717) is 0 Å². The van der Waals surface area contributed by atoms with Crippen LogP contribution in [-0.4, -0.2) is 0 Å². The van der Waals surface area contributed by atoms with Gasteiger partial charge in [0.1, 0.15) is 11.5 Å². The molecular weight excluding hydrogens is 799 g/mol. The summed E-state index contributed by atoms with van der Waals surface area (Å²) in [5.41, 5.74) is 25.6. The molecule has 0 bridgehead atoms. The fourth-order valence-electron chi connectivity index (χ4n) is 12.9. The molecule has 0 radical (unpaired) electrons. The van der Waals surface area contributed by atoms with E-state index < -0.39 is 5.41 Å². The summed E-state index contributed by atoms with van der Waals surface area (Å²) < 4.78 is 7.17. The van der Waals surface area contributed by atoms with Gasteiger partial charge in [-0.25, -0.2) is 0 Å². The second-order valence-electron chi connectivity index (χ2n) is 22.9. The highest BCUT2D eigenvalue weighted by Crippen LogP contribution is 2.68. The maximum atomic E-state index is 7.17. The lowest BCUT2D eigenvalue weighted by Crippen LogP contribution is -2.33. The number of nitrogens with zero attached hydrogens (tertiary/aromatic N) is 1. The zero-order valence-electron chi connectivity index (χ0n) is 39.9. The quantitative estimate of drug-likeness (QED) is 0.176. The number of hydrogen-bond acceptors (Lipinski definition) is 2. The molecule has 8 aromatic carbocycles. The SMILES string of the molecule is CC(C)(C)c1ccc2c(c1)C1(c3ccccc3Oc3ccc4c(c31)C4N(c1ccc3c(c1)C(C)(C)c1ccccc1-3)c1ccc3c(c1)C(C)(C)c1ccccc1-3)c1cc(C(C)(C)C)ccc1-2. The summed E-state index contributed by atoms with van der Waals surface area (Å²) in [6, 6.07) is 60.8. The average Bonchev–Trinajstić information content (AvgIpc) is 3.80. The molecule has 1 aliphatic heterocycles. The maximum Gasteiger partial charge on any atom is 0.132 e. The van der Waals surface area contributed by atoms with Crippen molar-refractivity contribution in [3.63, 3.8) is 0 Å². The van der Waals surface area contributed by atoms with Crippen LogP contribution in [0.2, 0.25) is 0 Å². The normalized spacial score (nSPS) is 17.6. The van der Waals surface area contributed by atoms with Crippen LogP contribution in [0, 0.1) is 0 Å². The van der Waals surface area contributed by atoms with E-state index in [1.54, 1.807) is 0 Å². The van der Waals surface area contributed by atoms with Crippen molar-refractivity contribution in [1.82, 2.24) is 0 Å². The second-order valence-corrected chi connectivity index (χ2v) is 22.9. The largest absolute Gasteiger partial charge is 0.457 e. The number of rotatable bonds is 3. The molecule has 2 nitrogen and oxygen atoms in total. The van der Waals surface area contributed by atoms with Crippen molar-refractivity contribution < 1.29 is 4.74 Å². The zero-order valence-corrected chi connectivity index (χ0v) is 39.9. The fourth-order valence-corrected chi connectivity index (χ4v) is 12.9. The number of hydrogen-bond donors (Lipinski definition) is 0. The summed E-state index contributed by atoms with van der Waals surface area (Å²) in [7, 11) is 0. The Hall–Kier alpha value is -6.64. The van der Waals surface area contributed by atoms with E-state index in [1.165, 1.54) is 112 Å². The second kappa shape index (κ2) is 12.8. The van der Waals surface area contributed by atoms with Crippen LogP contribution in [0.15, 0.2) is 158 Å². The lowest BCUT2D eigenvalue weighted by atomic mass is 9.64. The summed E-state index contributed by atoms with van der Waals surface area (Å²) in [6.07, 6.45) is 0. The topological polar surface area (TPSA) is 12.5 Å². The van der Waals surface area contributed by atoms with E-state index in [9.17, 15) is 0 Å². The molecule has 66 heavy (non-hydrogen) atoms. The molecule has 1 heterocycles. The molecule has 1 unspecified atom stereocenters. The van der Waals surface area contributed by atoms with Crippen molar-refractivity contribution in [2.24, 2.45) is 0 Å². The van der Waals surface area contributed by atoms with E-state index in [0.717, 1.165) is 11.5 Å². The van der Waals surface area contributed by atoms with Gasteiger partial charge in [0.2, 0.25) is 0 Å². The highest BCUT2D eigenvalue weighted by molar-refractivity contribution is 5.93. The van der Waals surface area contributed by atoms with Crippen LogP contribution in [0.1, 0.15) is 142 Å². The number of anilines is 2. The Morgan fingerprint density at radius 1 is 0.409 bits per heavy atom. The fraction of sp³-hybridized carbons (Fsp3) is 0.250. The molecule has 13 rings (SSSR count). The molecule has 2 heteroatoms. The van der Waals surface area contributed by atoms with Crippen molar-refractivity contribution in [3.05, 3.63) is 224 Å². The Bertz CT molecular complexity index is 3270. The highest BCUT2D eigenvalue weighted by atomic mass is 16.5. The Morgan fingerprint density at radius 3 is 1.36 bits per heavy atom. The molecule has 0 fully saturated rings. The predicted molar refractivity (Wildman–Crippen MR) is 273 cm³/mol. The van der Waals surface area contributed by atoms with Gasteiger partial charge < -0.3 is 9.64 Å². The third-order valence-corrected chi connectivity index (χ3v) is 16.4. The van der Waals surface area contributed by atoms with E-state index in [4.69, 9.17) is 4.74 Å². The standard InChI is InChI=1S/C64H57NO/c1-60(2,3)37-23-27-45-46-28-24-38(61(4,5)6)34-54(46)64(53(45)33-37)50-21-15-16-22-55(50)66-56-32-31-47-57(58(56)64)59(47)65(39-25-29-43-41-17-11-13-19-48(41)62(7,8)51(43)35-39)40-26-30-44-42-18-12-14-20-49(42)63(9,10)52(44)36-40/h11-36,59H,1-10H3. The van der Waals surface area contributed by atoms with Crippen LogP contribution in [0.4, 0.5) is 11.4 Å². The van der Waals surface area contributed by atoms with Crippen molar-refractivity contribution >= 4 is 11.4 Å². The van der Waals surface area contributed by atoms with Crippen molar-refractivity contribution in [2.75, 3.05) is 4.90 Å². The van der Waals surface area contributed by atoms with Crippen LogP contribution in [0.5, 0.6) is 11.5 Å². The van der Waals surface area contributed by atoms with Crippen LogP contribution >= 0.6 is 0 Å². The van der Waals surface area contributed by atoms with Gasteiger partial charge in [-0.3, -0.25) is 0 Å². The van der Waals surface area contributed by atoms with E-state index in [2.05, 4.69) is 232 Å². The first kappa shape index (κ1) is 39.7. The summed E-state index contributed by atoms with van der Waals surface area (Å²) in [5, 5.41) is 0. The molecular formula is C64H57NO. The van der Waals surface area contributed by atoms with Crippen molar-refractivity contribution in [2.45, 2.75) is 102 Å². The molecule has 0 amide bonds. The summed E-state index contributed by atoms with van der Waals surface area (Å²) in [5.74, 6) is 1.88. The lowest BCUT2D eigenvalue weighted by Gasteiger charge is -2.40. The molecule has 8 aromatic rings. The number of benzene rings is 8. The number of ether oxygens (including phenoxy) is 1. The first-order chi connectivity index (χ1) is 31.5. The third-order valence-electron chi connectivity index (χ3n) is 16.4. The molecule has 0 aromatic heterocycles. The minimum absolute atomic E-state index is 0.0153. The van der Waals surface area contributed by atoms with Crippen molar-refractivity contribution in [3.8, 4) is 44.9 Å². The van der Waals surface area contributed by atoms with Crippen LogP contribution < -0.4 is 9.64 Å². The Morgan fingerprint density at radius 2 is 0.848 bits per heavy atom. The number of para-hydroxylation sites is 1. The maximum absolute atomic E-state index is 7.17. The van der Waals surface area contributed by atoms with Gasteiger partial charge in [0.05, 0.1) is 11.5 Å². The van der Waals surface area contributed by atoms with Crippen molar-refractivity contribution in [1.29, 1.82) is 0 Å². The summed E-state index contributed by atoms with van der Waals surface area (Å²) in [6.45, 7) is 23.6. The first-order valence-electron chi connectivity index (χ1n) is 24.0. The summed E-state index contributed by atoms with van der Waals surface area (Å²) >= 11 is 0. The molecule has 324 valence electrons. The van der Waals surface area contributed by atoms with Gasteiger partial charge in [-0.05, 0) is 136 Å². The van der Waals surface area contributed by atoms with Crippen LogP contribution in [-0.2, 0) is 27.1 Å². The molecule has 1 atom stereocenters. The van der Waals surface area contributed by atoms with Crippen LogP contribution in [0.3, 0.4) is 0 Å². The van der Waals surface area contributed by atoms with Gasteiger partial charge >= 0.3 is 0 Å². The molecule has 5 aliphatic rings. The summed E-state index contributed by atoms with van der Waals surface area (Å²) in [4.78, 5) is 2.67. The molecule has 1 spiro atoms. The Balaban J connectivity index is 1.08. The lowest BCUT2D eigenvalue weighted by molar-refractivity contribution is 0.435. The van der Waals surface area contributed by atoms with E-state index >= 15 is 0 Å². The van der Waals surface area contributed by atoms with E-state index in [1.807, 2.05) is 0 Å². The predicted octanol–water partition coefficient (Wildman–Crippen LogP) is 16.6. The minimum atomic E-state index is -0.605. The average molecular weight is 856 g/mol. The monoisotopic (exact) mass is 855 g/mol. The smallest absolute Gasteiger partial charge is 0.132 e. The molecule has 0 saturated heterocycles.